The predicted octanol–water partition coefficient (Wildman–Crippen LogP) is 2.24. The number of nitrogens with zero attached hydrogens (tertiary/aromatic N) is 2. The molecule has 1 unspecified atom stereocenters. The van der Waals surface area contributed by atoms with Crippen LogP contribution in [0.1, 0.15) is 17.7 Å². The standard InChI is InChI=1S/C23H24N4O2/c28-22(26-15-20-7-3-4-10-24-20)14-21-23(29)25-11-12-27(21)16-17-8-9-18-5-1-2-6-19(18)13-17/h1-10,13,21H,11-12,14-16H2,(H,25,29)(H,26,28). The first-order valence-electron chi connectivity index (χ1n) is 9.85. The highest BCUT2D eigenvalue weighted by atomic mass is 16.2. The van der Waals surface area contributed by atoms with Crippen molar-refractivity contribution in [1.29, 1.82) is 0 Å². The molecule has 0 spiro atoms. The van der Waals surface area contributed by atoms with Crippen molar-refractivity contribution in [2.45, 2.75) is 25.6 Å². The number of pyridine rings is 1. The fourth-order valence-electron chi connectivity index (χ4n) is 3.68. The minimum Gasteiger partial charge on any atom is -0.353 e. The van der Waals surface area contributed by atoms with E-state index in [0.717, 1.165) is 17.8 Å². The van der Waals surface area contributed by atoms with E-state index in [1.807, 2.05) is 30.3 Å². The van der Waals surface area contributed by atoms with Crippen molar-refractivity contribution < 1.29 is 9.59 Å². The second-order valence-electron chi connectivity index (χ2n) is 7.26. The summed E-state index contributed by atoms with van der Waals surface area (Å²) in [4.78, 5) is 31.2. The summed E-state index contributed by atoms with van der Waals surface area (Å²) in [6.07, 6.45) is 1.83. The Morgan fingerprint density at radius 2 is 1.93 bits per heavy atom. The van der Waals surface area contributed by atoms with Crippen molar-refractivity contribution >= 4 is 22.6 Å². The lowest BCUT2D eigenvalue weighted by Gasteiger charge is -2.34. The molecule has 1 aliphatic rings. The maximum absolute atomic E-state index is 12.5. The minimum absolute atomic E-state index is 0.0926. The number of fused-ring (bicyclic) bond motifs is 1. The summed E-state index contributed by atoms with van der Waals surface area (Å²) >= 11 is 0. The second kappa shape index (κ2) is 8.84. The smallest absolute Gasteiger partial charge is 0.237 e. The summed E-state index contributed by atoms with van der Waals surface area (Å²) in [6.45, 7) is 2.31. The fraction of sp³-hybridized carbons (Fsp3) is 0.261. The van der Waals surface area contributed by atoms with Gasteiger partial charge in [-0.05, 0) is 34.5 Å². The third-order valence-electron chi connectivity index (χ3n) is 5.21. The number of hydrogen-bond acceptors (Lipinski definition) is 4. The van der Waals surface area contributed by atoms with E-state index in [9.17, 15) is 9.59 Å². The molecular weight excluding hydrogens is 364 g/mol. The molecule has 2 amide bonds. The van der Waals surface area contributed by atoms with Gasteiger partial charge in [0.25, 0.3) is 0 Å². The first kappa shape index (κ1) is 19.1. The molecule has 1 atom stereocenters. The number of hydrogen-bond donors (Lipinski definition) is 2. The van der Waals surface area contributed by atoms with Crippen LogP contribution in [0.2, 0.25) is 0 Å². The number of nitrogens with one attached hydrogen (secondary N) is 2. The first-order valence-corrected chi connectivity index (χ1v) is 9.85. The van der Waals surface area contributed by atoms with Gasteiger partial charge in [-0.3, -0.25) is 19.5 Å². The van der Waals surface area contributed by atoms with Crippen LogP contribution >= 0.6 is 0 Å². The van der Waals surface area contributed by atoms with Gasteiger partial charge in [0.05, 0.1) is 24.7 Å². The van der Waals surface area contributed by atoms with Crippen LogP contribution in [0.5, 0.6) is 0 Å². The molecule has 2 heterocycles. The third-order valence-corrected chi connectivity index (χ3v) is 5.21. The normalized spacial score (nSPS) is 17.1. The van der Waals surface area contributed by atoms with Crippen molar-refractivity contribution in [2.24, 2.45) is 0 Å². The Kier molecular flexibility index (Phi) is 5.81. The lowest BCUT2D eigenvalue weighted by atomic mass is 10.0. The molecule has 6 heteroatoms. The molecule has 1 aromatic heterocycles. The van der Waals surface area contributed by atoms with Crippen LogP contribution in [-0.2, 0) is 22.7 Å². The van der Waals surface area contributed by atoms with Gasteiger partial charge in [-0.15, -0.1) is 0 Å². The summed E-state index contributed by atoms with van der Waals surface area (Å²) in [7, 11) is 0. The molecule has 3 aromatic rings. The zero-order chi connectivity index (χ0) is 20.1. The summed E-state index contributed by atoms with van der Waals surface area (Å²) in [5, 5.41) is 8.12. The molecule has 0 bridgehead atoms. The molecule has 1 fully saturated rings. The van der Waals surface area contributed by atoms with Crippen LogP contribution in [0, 0.1) is 0 Å². The molecule has 148 valence electrons. The summed E-state index contributed by atoms with van der Waals surface area (Å²) in [6, 6.07) is 19.7. The van der Waals surface area contributed by atoms with Crippen LogP contribution in [0.3, 0.4) is 0 Å². The Morgan fingerprint density at radius 1 is 1.10 bits per heavy atom. The lowest BCUT2D eigenvalue weighted by molar-refractivity contribution is -0.134. The molecule has 0 saturated carbocycles. The number of benzene rings is 2. The molecular formula is C23H24N4O2. The highest BCUT2D eigenvalue weighted by Crippen LogP contribution is 2.19. The maximum Gasteiger partial charge on any atom is 0.237 e. The van der Waals surface area contributed by atoms with Crippen LogP contribution in [-0.4, -0.2) is 40.8 Å². The van der Waals surface area contributed by atoms with Gasteiger partial charge in [-0.25, -0.2) is 0 Å². The molecule has 2 aromatic carbocycles. The Labute approximate surface area is 169 Å². The molecule has 1 saturated heterocycles. The largest absolute Gasteiger partial charge is 0.353 e. The summed E-state index contributed by atoms with van der Waals surface area (Å²) in [5.74, 6) is -0.244. The third kappa shape index (κ3) is 4.78. The number of rotatable bonds is 6. The second-order valence-corrected chi connectivity index (χ2v) is 7.26. The van der Waals surface area contributed by atoms with E-state index < -0.39 is 6.04 Å². The Balaban J connectivity index is 1.42. The first-order chi connectivity index (χ1) is 14.2. The average Bonchev–Trinajstić information content (AvgIpc) is 2.75. The number of piperazine rings is 1. The van der Waals surface area contributed by atoms with Gasteiger partial charge in [0.2, 0.25) is 11.8 Å². The molecule has 4 rings (SSSR count). The summed E-state index contributed by atoms with van der Waals surface area (Å²) < 4.78 is 0. The van der Waals surface area contributed by atoms with Crippen molar-refractivity contribution in [3.05, 3.63) is 78.1 Å². The Bertz CT molecular complexity index is 1010. The van der Waals surface area contributed by atoms with Gasteiger partial charge in [0.15, 0.2) is 0 Å². The van der Waals surface area contributed by atoms with E-state index in [1.165, 1.54) is 10.8 Å². The lowest BCUT2D eigenvalue weighted by Crippen LogP contribution is -2.56. The molecule has 0 aliphatic carbocycles. The zero-order valence-corrected chi connectivity index (χ0v) is 16.2. The van der Waals surface area contributed by atoms with Crippen molar-refractivity contribution in [1.82, 2.24) is 20.5 Å². The van der Waals surface area contributed by atoms with Gasteiger partial charge in [0.1, 0.15) is 0 Å². The molecule has 2 N–H and O–H groups in total. The van der Waals surface area contributed by atoms with Gasteiger partial charge in [-0.1, -0.05) is 42.5 Å². The van der Waals surface area contributed by atoms with Gasteiger partial charge < -0.3 is 10.6 Å². The van der Waals surface area contributed by atoms with Crippen molar-refractivity contribution in [2.75, 3.05) is 13.1 Å². The molecule has 1 aliphatic heterocycles. The fourth-order valence-corrected chi connectivity index (χ4v) is 3.68. The Morgan fingerprint density at radius 3 is 2.76 bits per heavy atom. The topological polar surface area (TPSA) is 74.3 Å². The minimum atomic E-state index is -0.473. The van der Waals surface area contributed by atoms with Crippen LogP contribution in [0.25, 0.3) is 10.8 Å². The zero-order valence-electron chi connectivity index (χ0n) is 16.2. The highest BCUT2D eigenvalue weighted by molar-refractivity contribution is 5.89. The van der Waals surface area contributed by atoms with Crippen LogP contribution in [0.4, 0.5) is 0 Å². The molecule has 29 heavy (non-hydrogen) atoms. The van der Waals surface area contributed by atoms with Gasteiger partial charge in [-0.2, -0.15) is 0 Å². The van der Waals surface area contributed by atoms with E-state index in [4.69, 9.17) is 0 Å². The Hall–Kier alpha value is -3.25. The van der Waals surface area contributed by atoms with E-state index in [1.54, 1.807) is 6.20 Å². The average molecular weight is 388 g/mol. The quantitative estimate of drug-likeness (QED) is 0.679. The van der Waals surface area contributed by atoms with Crippen molar-refractivity contribution in [3.8, 4) is 0 Å². The molecule has 0 radical (unpaired) electrons. The monoisotopic (exact) mass is 388 g/mol. The van der Waals surface area contributed by atoms with Crippen molar-refractivity contribution in [3.63, 3.8) is 0 Å². The summed E-state index contributed by atoms with van der Waals surface area (Å²) in [5.41, 5.74) is 1.93. The van der Waals surface area contributed by atoms with Gasteiger partial charge in [0, 0.05) is 25.8 Å². The van der Waals surface area contributed by atoms with E-state index in [0.29, 0.717) is 19.6 Å². The molecule has 6 nitrogen and oxygen atoms in total. The van der Waals surface area contributed by atoms with Gasteiger partial charge >= 0.3 is 0 Å². The van der Waals surface area contributed by atoms with E-state index in [-0.39, 0.29) is 18.2 Å². The number of amides is 2. The number of carbonyl (C=O) groups excluding carboxylic acids is 2. The SMILES string of the molecule is O=C(CC1C(=O)NCCN1Cc1ccc2ccccc2c1)NCc1ccccn1. The highest BCUT2D eigenvalue weighted by Gasteiger charge is 2.31. The van der Waals surface area contributed by atoms with Crippen LogP contribution in [0.15, 0.2) is 66.9 Å². The van der Waals surface area contributed by atoms with E-state index in [2.05, 4.69) is 50.8 Å². The predicted molar refractivity (Wildman–Crippen MR) is 112 cm³/mol. The number of carbonyl (C=O) groups is 2. The number of aromatic nitrogens is 1. The van der Waals surface area contributed by atoms with E-state index >= 15 is 0 Å². The van der Waals surface area contributed by atoms with Crippen LogP contribution < -0.4 is 10.6 Å². The maximum atomic E-state index is 12.5.